The van der Waals surface area contributed by atoms with Crippen molar-refractivity contribution in [1.29, 1.82) is 0 Å². The Morgan fingerprint density at radius 2 is 2.00 bits per heavy atom. The molecule has 8 heavy (non-hydrogen) atoms. The fourth-order valence-corrected chi connectivity index (χ4v) is 0.675. The Hall–Kier alpha value is 1.06. The molecule has 1 saturated heterocycles. The molecule has 1 aliphatic heterocycles. The molecular weight excluding hydrogens is 177 g/mol. The van der Waals surface area contributed by atoms with Crippen LogP contribution in [-0.2, 0) is 37.4 Å². The standard InChI is InChI=1S/C6H11O.Y/c1-5(2)6-3-4-7-6;/h5H,3-4H2,1-2H3;/q-1;. The molecule has 1 nitrogen and oxygen atoms in total. The third-order valence-electron chi connectivity index (χ3n) is 1.28. The topological polar surface area (TPSA) is 9.23 Å². The van der Waals surface area contributed by atoms with E-state index in [2.05, 4.69) is 13.8 Å². The van der Waals surface area contributed by atoms with Crippen molar-refractivity contribution in [3.63, 3.8) is 0 Å². The van der Waals surface area contributed by atoms with Crippen LogP contribution in [0.1, 0.15) is 20.3 Å². The maximum Gasteiger partial charge on any atom is 0 e. The first-order valence-corrected chi connectivity index (χ1v) is 2.79. The molecule has 0 spiro atoms. The molecule has 2 heteroatoms. The van der Waals surface area contributed by atoms with E-state index in [9.17, 15) is 0 Å². The molecule has 0 aromatic rings. The van der Waals surface area contributed by atoms with E-state index in [1.807, 2.05) is 0 Å². The Kier molecular flexibility index (Phi) is 4.50. The van der Waals surface area contributed by atoms with Crippen molar-refractivity contribution in [2.45, 2.75) is 20.3 Å². The van der Waals surface area contributed by atoms with E-state index >= 15 is 0 Å². The summed E-state index contributed by atoms with van der Waals surface area (Å²) in [4.78, 5) is 0. The summed E-state index contributed by atoms with van der Waals surface area (Å²) < 4.78 is 5.11. The molecule has 1 aliphatic rings. The Balaban J connectivity index is 0.000000490. The fourth-order valence-electron chi connectivity index (χ4n) is 0.675. The van der Waals surface area contributed by atoms with Crippen molar-refractivity contribution in [2.75, 3.05) is 6.61 Å². The van der Waals surface area contributed by atoms with E-state index in [4.69, 9.17) is 4.74 Å². The molecule has 1 fully saturated rings. The van der Waals surface area contributed by atoms with Crippen LogP contribution in [0.3, 0.4) is 0 Å². The second kappa shape index (κ2) is 3.97. The van der Waals surface area contributed by atoms with Gasteiger partial charge in [-0.15, -0.1) is 12.3 Å². The third-order valence-corrected chi connectivity index (χ3v) is 1.28. The first-order chi connectivity index (χ1) is 3.30. The van der Waals surface area contributed by atoms with Gasteiger partial charge < -0.3 is 4.74 Å². The molecule has 0 aromatic heterocycles. The fraction of sp³-hybridized carbons (Fsp3) is 0.833. The first-order valence-electron chi connectivity index (χ1n) is 2.79. The van der Waals surface area contributed by atoms with Crippen LogP contribution < -0.4 is 0 Å². The van der Waals surface area contributed by atoms with E-state index < -0.39 is 0 Å². The van der Waals surface area contributed by atoms with Gasteiger partial charge in [-0.05, 0) is 6.61 Å². The second-order valence-corrected chi connectivity index (χ2v) is 2.22. The van der Waals surface area contributed by atoms with Crippen LogP contribution in [0.5, 0.6) is 0 Å². The van der Waals surface area contributed by atoms with E-state index in [1.54, 1.807) is 0 Å². The summed E-state index contributed by atoms with van der Waals surface area (Å²) in [5.74, 6) is 0.647. The quantitative estimate of drug-likeness (QED) is 0.568. The molecule has 0 unspecified atom stereocenters. The third kappa shape index (κ3) is 2.12. The summed E-state index contributed by atoms with van der Waals surface area (Å²) in [7, 11) is 0. The number of hydrogen-bond donors (Lipinski definition) is 0. The average molecular weight is 188 g/mol. The van der Waals surface area contributed by atoms with Crippen molar-refractivity contribution in [1.82, 2.24) is 0 Å². The smallest absolute Gasteiger partial charge is 0 e. The maximum atomic E-state index is 5.11. The summed E-state index contributed by atoms with van der Waals surface area (Å²) in [5, 5.41) is 0. The van der Waals surface area contributed by atoms with Crippen LogP contribution in [-0.4, -0.2) is 6.61 Å². The van der Waals surface area contributed by atoms with E-state index in [0.29, 0.717) is 5.92 Å². The summed E-state index contributed by atoms with van der Waals surface area (Å²) in [6.45, 7) is 5.27. The van der Waals surface area contributed by atoms with Crippen LogP contribution in [0.2, 0.25) is 0 Å². The summed E-state index contributed by atoms with van der Waals surface area (Å²) in [6, 6.07) is 0. The molecule has 1 heterocycles. The largest absolute Gasteiger partial charge is 0.550 e. The second-order valence-electron chi connectivity index (χ2n) is 2.22. The molecule has 1 radical (unpaired) electrons. The van der Waals surface area contributed by atoms with Gasteiger partial charge in [-0.1, -0.05) is 13.8 Å². The predicted octanol–water partition coefficient (Wildman–Crippen LogP) is 1.59. The van der Waals surface area contributed by atoms with Gasteiger partial charge in [0.15, 0.2) is 0 Å². The van der Waals surface area contributed by atoms with Crippen LogP contribution in [0, 0.1) is 12.0 Å². The summed E-state index contributed by atoms with van der Waals surface area (Å²) >= 11 is 0. The van der Waals surface area contributed by atoms with Gasteiger partial charge in [0.25, 0.3) is 0 Å². The molecule has 0 aliphatic carbocycles. The number of rotatable bonds is 1. The van der Waals surface area contributed by atoms with Crippen LogP contribution >= 0.6 is 0 Å². The maximum absolute atomic E-state index is 5.11. The molecule has 45 valence electrons. The van der Waals surface area contributed by atoms with Gasteiger partial charge in [0.2, 0.25) is 0 Å². The SMILES string of the molecule is CC(C)[C-]1CCO1.[Y]. The predicted molar refractivity (Wildman–Crippen MR) is 28.6 cm³/mol. The molecule has 1 rings (SSSR count). The number of ether oxygens (including phenoxy) is 1. The average Bonchev–Trinajstić information content (AvgIpc) is 1.23. The van der Waals surface area contributed by atoms with Crippen molar-refractivity contribution in [2.24, 2.45) is 5.92 Å². The summed E-state index contributed by atoms with van der Waals surface area (Å²) in [6.07, 6.45) is 2.47. The first kappa shape index (κ1) is 9.06. The van der Waals surface area contributed by atoms with Gasteiger partial charge in [-0.2, -0.15) is 6.10 Å². The van der Waals surface area contributed by atoms with E-state index in [-0.39, 0.29) is 32.7 Å². The molecule has 0 amide bonds. The van der Waals surface area contributed by atoms with Gasteiger partial charge in [0.05, 0.1) is 0 Å². The molecule has 0 N–H and O–H groups in total. The molecule has 0 atom stereocenters. The van der Waals surface area contributed by atoms with Crippen molar-refractivity contribution in [3.8, 4) is 0 Å². The Bertz CT molecular complexity index is 59.5. The Morgan fingerprint density at radius 1 is 1.50 bits per heavy atom. The number of hydrogen-bond acceptors (Lipinski definition) is 1. The minimum absolute atomic E-state index is 0. The minimum atomic E-state index is 0. The van der Waals surface area contributed by atoms with Gasteiger partial charge in [0, 0.05) is 32.7 Å². The molecule has 0 aromatic carbocycles. The van der Waals surface area contributed by atoms with Crippen molar-refractivity contribution >= 4 is 0 Å². The van der Waals surface area contributed by atoms with Crippen molar-refractivity contribution < 1.29 is 37.4 Å². The van der Waals surface area contributed by atoms with Gasteiger partial charge in [-0.3, -0.25) is 0 Å². The molecule has 0 bridgehead atoms. The van der Waals surface area contributed by atoms with E-state index in [1.165, 1.54) is 12.5 Å². The molecule has 0 saturated carbocycles. The van der Waals surface area contributed by atoms with Gasteiger partial charge >= 0.3 is 0 Å². The van der Waals surface area contributed by atoms with Crippen LogP contribution in [0.4, 0.5) is 0 Å². The van der Waals surface area contributed by atoms with Crippen molar-refractivity contribution in [3.05, 3.63) is 6.10 Å². The monoisotopic (exact) mass is 188 g/mol. The minimum Gasteiger partial charge on any atom is -0.550 e. The van der Waals surface area contributed by atoms with Crippen LogP contribution in [0.15, 0.2) is 0 Å². The Labute approximate surface area is 76.1 Å². The Morgan fingerprint density at radius 3 is 2.00 bits per heavy atom. The van der Waals surface area contributed by atoms with Gasteiger partial charge in [-0.25, -0.2) is 0 Å². The normalized spacial score (nSPS) is 19.9. The van der Waals surface area contributed by atoms with Crippen LogP contribution in [0.25, 0.3) is 0 Å². The zero-order valence-corrected chi connectivity index (χ0v) is 8.32. The zero-order chi connectivity index (χ0) is 5.28. The van der Waals surface area contributed by atoms with E-state index in [0.717, 1.165) is 6.61 Å². The van der Waals surface area contributed by atoms with Gasteiger partial charge in [0.1, 0.15) is 0 Å². The molecular formula is C6H11OY-. The zero-order valence-electron chi connectivity index (χ0n) is 5.48. The summed E-state index contributed by atoms with van der Waals surface area (Å²) in [5.41, 5.74) is 0.